The summed E-state index contributed by atoms with van der Waals surface area (Å²) in [6.07, 6.45) is 10.4. The van der Waals surface area contributed by atoms with Crippen molar-refractivity contribution in [3.63, 3.8) is 0 Å². The highest BCUT2D eigenvalue weighted by molar-refractivity contribution is 8.34. The lowest BCUT2D eigenvalue weighted by Gasteiger charge is -2.22. The van der Waals surface area contributed by atoms with E-state index in [1.807, 2.05) is 0 Å². The van der Waals surface area contributed by atoms with Crippen LogP contribution >= 0.6 is 22.2 Å². The van der Waals surface area contributed by atoms with Crippen LogP contribution in [0.4, 0.5) is 0 Å². The van der Waals surface area contributed by atoms with Crippen LogP contribution in [0.3, 0.4) is 0 Å². The minimum atomic E-state index is -0.533. The molecule has 0 heterocycles. The first kappa shape index (κ1) is 13.9. The van der Waals surface area contributed by atoms with Crippen LogP contribution in [0, 0.1) is 0 Å². The van der Waals surface area contributed by atoms with Gasteiger partial charge >= 0.3 is 0 Å². The van der Waals surface area contributed by atoms with E-state index < -0.39 is 10.0 Å². The molecule has 0 N–H and O–H groups in total. The molecule has 0 aromatic rings. The van der Waals surface area contributed by atoms with Crippen LogP contribution in [0.5, 0.6) is 0 Å². The molecule has 0 aromatic heterocycles. The van der Waals surface area contributed by atoms with Crippen molar-refractivity contribution in [2.45, 2.75) is 26.2 Å². The highest BCUT2D eigenvalue weighted by Gasteiger charge is 2.03. The van der Waals surface area contributed by atoms with Gasteiger partial charge in [0.25, 0.3) is 0 Å². The maximum absolute atomic E-state index is 4.55. The van der Waals surface area contributed by atoms with Crippen molar-refractivity contribution in [2.24, 2.45) is 4.99 Å². The smallest absolute Gasteiger partial charge is 0.0585 e. The molecule has 0 aliphatic heterocycles. The Morgan fingerprint density at radius 1 is 1.36 bits per heavy atom. The number of nitrogens with zero attached hydrogens (tertiary/aromatic N) is 1. The molecule has 0 rings (SSSR count). The Kier molecular flexibility index (Phi) is 7.16. The van der Waals surface area contributed by atoms with Crippen molar-refractivity contribution in [1.29, 1.82) is 0 Å². The summed E-state index contributed by atoms with van der Waals surface area (Å²) in [5.41, 5.74) is 1.53. The molecule has 0 unspecified atom stereocenters. The number of rotatable bonds is 6. The summed E-state index contributed by atoms with van der Waals surface area (Å²) in [5, 5.41) is 4.86. The van der Waals surface area contributed by atoms with Gasteiger partial charge in [0.15, 0.2) is 0 Å². The zero-order valence-electron chi connectivity index (χ0n) is 9.67. The molecular formula is C11H21NS2. The summed E-state index contributed by atoms with van der Waals surface area (Å²) in [6, 6.07) is 0. The summed E-state index contributed by atoms with van der Waals surface area (Å²) in [7, 11) is -0.533. The van der Waals surface area contributed by atoms with Crippen LogP contribution in [0.2, 0.25) is 0 Å². The van der Waals surface area contributed by atoms with E-state index in [1.165, 1.54) is 18.4 Å². The monoisotopic (exact) mass is 231 g/mol. The van der Waals surface area contributed by atoms with E-state index in [1.54, 1.807) is 0 Å². The first-order valence-electron chi connectivity index (χ1n) is 4.91. The van der Waals surface area contributed by atoms with Crippen LogP contribution < -0.4 is 0 Å². The third kappa shape index (κ3) is 8.49. The molecule has 0 aliphatic carbocycles. The van der Waals surface area contributed by atoms with E-state index in [0.717, 1.165) is 13.0 Å². The molecular weight excluding hydrogens is 210 g/mol. The molecule has 0 radical (unpaired) electrons. The van der Waals surface area contributed by atoms with Crippen LogP contribution in [0.1, 0.15) is 26.2 Å². The van der Waals surface area contributed by atoms with Crippen LogP contribution in [-0.4, -0.2) is 30.5 Å². The van der Waals surface area contributed by atoms with Crippen molar-refractivity contribution in [3.8, 4) is 0 Å². The lowest BCUT2D eigenvalue weighted by molar-refractivity contribution is 0.829. The van der Waals surface area contributed by atoms with Gasteiger partial charge in [-0.15, -0.1) is 0 Å². The van der Waals surface area contributed by atoms with E-state index in [4.69, 9.17) is 0 Å². The molecule has 82 valence electrons. The number of aliphatic imine (C=N–C) groups is 1. The largest absolute Gasteiger partial charge is 0.232 e. The van der Waals surface area contributed by atoms with Gasteiger partial charge in [0.05, 0.1) is 11.7 Å². The van der Waals surface area contributed by atoms with Crippen molar-refractivity contribution in [2.75, 3.05) is 25.3 Å². The second-order valence-electron chi connectivity index (χ2n) is 4.18. The van der Waals surface area contributed by atoms with Gasteiger partial charge in [0.2, 0.25) is 0 Å². The second kappa shape index (κ2) is 7.22. The van der Waals surface area contributed by atoms with Crippen LogP contribution in [-0.2, 0) is 0 Å². The van der Waals surface area contributed by atoms with Crippen LogP contribution in [0.25, 0.3) is 0 Å². The summed E-state index contributed by atoms with van der Waals surface area (Å²) >= 11 is 4.55. The fourth-order valence-corrected chi connectivity index (χ4v) is 2.64. The number of hydrogen-bond donors (Lipinski definition) is 0. The Labute approximate surface area is 95.0 Å². The van der Waals surface area contributed by atoms with Gasteiger partial charge in [0, 0.05) is 0 Å². The van der Waals surface area contributed by atoms with Crippen molar-refractivity contribution >= 4 is 27.4 Å². The summed E-state index contributed by atoms with van der Waals surface area (Å²) in [6.45, 7) is 3.01. The van der Waals surface area contributed by atoms with Crippen molar-refractivity contribution < 1.29 is 0 Å². The Hall–Kier alpha value is -0.110. The molecule has 0 saturated heterocycles. The Bertz CT molecular complexity index is 232. The van der Waals surface area contributed by atoms with E-state index in [9.17, 15) is 0 Å². The molecule has 14 heavy (non-hydrogen) atoms. The maximum atomic E-state index is 4.55. The third-order valence-corrected chi connectivity index (χ3v) is 2.87. The van der Waals surface area contributed by atoms with Crippen LogP contribution in [0.15, 0.2) is 16.0 Å². The van der Waals surface area contributed by atoms with Gasteiger partial charge in [-0.25, -0.2) is 15.0 Å². The summed E-state index contributed by atoms with van der Waals surface area (Å²) in [4.78, 5) is 3.96. The number of thiocarbonyl (C=S) groups is 1. The molecule has 0 aliphatic rings. The second-order valence-corrected chi connectivity index (χ2v) is 8.46. The van der Waals surface area contributed by atoms with Gasteiger partial charge < -0.3 is 0 Å². The van der Waals surface area contributed by atoms with E-state index in [2.05, 4.69) is 53.5 Å². The van der Waals surface area contributed by atoms with Crippen molar-refractivity contribution in [1.82, 2.24) is 0 Å². The minimum absolute atomic E-state index is 0.533. The molecule has 0 aromatic carbocycles. The molecule has 0 bridgehead atoms. The normalized spacial score (nSPS) is 13.6. The molecule has 0 fully saturated rings. The molecule has 0 atom stereocenters. The lowest BCUT2D eigenvalue weighted by atomic mass is 10.1. The zero-order valence-corrected chi connectivity index (χ0v) is 11.3. The Balaban J connectivity index is 4.27. The first-order chi connectivity index (χ1) is 6.49. The molecule has 0 saturated carbocycles. The fourth-order valence-electron chi connectivity index (χ4n) is 1.31. The fraction of sp³-hybridized carbons (Fsp3) is 0.727. The molecule has 3 heteroatoms. The quantitative estimate of drug-likeness (QED) is 0.499. The lowest BCUT2D eigenvalue weighted by Crippen LogP contribution is -1.93. The topological polar surface area (TPSA) is 12.4 Å². The van der Waals surface area contributed by atoms with Gasteiger partial charge in [0.1, 0.15) is 0 Å². The average Bonchev–Trinajstić information content (AvgIpc) is 2.02. The highest BCUT2D eigenvalue weighted by atomic mass is 32.3. The van der Waals surface area contributed by atoms with Gasteiger partial charge in [-0.1, -0.05) is 18.9 Å². The predicted octanol–water partition coefficient (Wildman–Crippen LogP) is 3.86. The Morgan fingerprint density at radius 2 is 2.00 bits per heavy atom. The summed E-state index contributed by atoms with van der Waals surface area (Å²) < 4.78 is 0. The SMILES string of the molecule is CCCC(=CS(C)(C)C)CCN=C=S. The average molecular weight is 231 g/mol. The van der Waals surface area contributed by atoms with Gasteiger partial charge in [-0.05, 0) is 49.2 Å². The van der Waals surface area contributed by atoms with E-state index >= 15 is 0 Å². The third-order valence-electron chi connectivity index (χ3n) is 1.70. The summed E-state index contributed by atoms with van der Waals surface area (Å²) in [5.74, 6) is 0. The van der Waals surface area contributed by atoms with E-state index in [-0.39, 0.29) is 0 Å². The number of hydrogen-bond acceptors (Lipinski definition) is 2. The van der Waals surface area contributed by atoms with Gasteiger partial charge in [-0.3, -0.25) is 0 Å². The molecule has 0 spiro atoms. The minimum Gasteiger partial charge on any atom is -0.232 e. The molecule has 1 nitrogen and oxygen atoms in total. The number of isothiocyanates is 1. The van der Waals surface area contributed by atoms with Crippen molar-refractivity contribution in [3.05, 3.63) is 11.0 Å². The standard InChI is InChI=1S/C11H21NS2/c1-5-6-11(7-8-12-10-13)9-14(2,3)4/h9H,5-8H2,1-4H3. The van der Waals surface area contributed by atoms with Gasteiger partial charge in [-0.2, -0.15) is 0 Å². The Morgan fingerprint density at radius 3 is 2.43 bits per heavy atom. The zero-order chi connectivity index (χ0) is 11.0. The predicted molar refractivity (Wildman–Crippen MR) is 72.9 cm³/mol. The highest BCUT2D eigenvalue weighted by Crippen LogP contribution is 2.38. The molecule has 0 amide bonds. The maximum Gasteiger partial charge on any atom is 0.0585 e. The first-order valence-corrected chi connectivity index (χ1v) is 8.24. The van der Waals surface area contributed by atoms with E-state index in [0.29, 0.717) is 0 Å².